The van der Waals surface area contributed by atoms with E-state index in [9.17, 15) is 4.79 Å². The lowest BCUT2D eigenvalue weighted by atomic mass is 9.94. The van der Waals surface area contributed by atoms with Crippen LogP contribution in [0, 0.1) is 12.8 Å². The number of benzene rings is 1. The smallest absolute Gasteiger partial charge is 0.315 e. The Morgan fingerprint density at radius 1 is 1.40 bits per heavy atom. The maximum absolute atomic E-state index is 12.2. The van der Waals surface area contributed by atoms with Gasteiger partial charge in [0.05, 0.1) is 6.61 Å². The van der Waals surface area contributed by atoms with Crippen LogP contribution in [0.4, 0.5) is 4.79 Å². The van der Waals surface area contributed by atoms with E-state index in [1.807, 2.05) is 38.2 Å². The van der Waals surface area contributed by atoms with E-state index in [1.165, 1.54) is 5.56 Å². The van der Waals surface area contributed by atoms with E-state index in [1.54, 1.807) is 6.20 Å². The molecule has 3 atom stereocenters. The zero-order valence-corrected chi connectivity index (χ0v) is 15.0. The van der Waals surface area contributed by atoms with E-state index in [0.717, 1.165) is 18.1 Å². The third-order valence-corrected chi connectivity index (χ3v) is 4.74. The number of nitrogens with one attached hydrogen (secondary N) is 2. The topological polar surface area (TPSA) is 68.2 Å². The lowest BCUT2D eigenvalue weighted by molar-refractivity contribution is 0.231. The number of aryl methyl sites for hydroxylation is 1. The Labute approximate surface area is 148 Å². The van der Waals surface area contributed by atoms with Gasteiger partial charge in [0.2, 0.25) is 0 Å². The molecule has 0 unspecified atom stereocenters. The molecule has 0 bridgehead atoms. The van der Waals surface area contributed by atoms with Crippen LogP contribution in [-0.2, 0) is 6.54 Å². The molecule has 1 aromatic heterocycles. The number of amides is 2. The van der Waals surface area contributed by atoms with E-state index >= 15 is 0 Å². The van der Waals surface area contributed by atoms with Gasteiger partial charge in [-0.1, -0.05) is 25.1 Å². The van der Waals surface area contributed by atoms with Gasteiger partial charge in [-0.2, -0.15) is 0 Å². The lowest BCUT2D eigenvalue weighted by Gasteiger charge is -2.21. The summed E-state index contributed by atoms with van der Waals surface area (Å²) in [4.78, 5) is 16.4. The summed E-state index contributed by atoms with van der Waals surface area (Å²) >= 11 is 0. The minimum atomic E-state index is -0.133. The first-order chi connectivity index (χ1) is 12.0. The van der Waals surface area contributed by atoms with Crippen LogP contribution in [0.2, 0.25) is 0 Å². The molecule has 2 heterocycles. The fourth-order valence-electron chi connectivity index (χ4n) is 3.22. The van der Waals surface area contributed by atoms with Crippen molar-refractivity contribution in [1.82, 2.24) is 20.2 Å². The zero-order valence-electron chi connectivity index (χ0n) is 15.0. The second-order valence-electron chi connectivity index (χ2n) is 6.83. The van der Waals surface area contributed by atoms with Crippen LogP contribution in [0.25, 0.3) is 0 Å². The summed E-state index contributed by atoms with van der Waals surface area (Å²) in [7, 11) is 0. The number of imidazole rings is 1. The summed E-state index contributed by atoms with van der Waals surface area (Å²) in [6.45, 7) is 8.19. The number of nitrogens with zero attached hydrogens (tertiary/aromatic N) is 2. The first-order valence-corrected chi connectivity index (χ1v) is 8.78. The summed E-state index contributed by atoms with van der Waals surface area (Å²) in [5.41, 5.74) is 1.17. The van der Waals surface area contributed by atoms with Crippen molar-refractivity contribution in [2.75, 3.05) is 13.2 Å². The van der Waals surface area contributed by atoms with Crippen molar-refractivity contribution in [3.8, 4) is 5.75 Å². The van der Waals surface area contributed by atoms with E-state index in [0.29, 0.717) is 19.1 Å². The highest BCUT2D eigenvalue weighted by atomic mass is 16.5. The molecule has 2 aromatic rings. The van der Waals surface area contributed by atoms with Crippen molar-refractivity contribution in [2.45, 2.75) is 39.3 Å². The second kappa shape index (κ2) is 7.59. The van der Waals surface area contributed by atoms with Crippen LogP contribution in [0.15, 0.2) is 36.7 Å². The van der Waals surface area contributed by atoms with Gasteiger partial charge in [0.1, 0.15) is 11.6 Å². The molecule has 1 aromatic carbocycles. The monoisotopic (exact) mass is 342 g/mol. The Morgan fingerprint density at radius 3 is 2.96 bits per heavy atom. The number of aromatic nitrogens is 2. The van der Waals surface area contributed by atoms with Crippen molar-refractivity contribution < 1.29 is 9.53 Å². The van der Waals surface area contributed by atoms with E-state index in [-0.39, 0.29) is 18.0 Å². The molecule has 0 spiro atoms. The molecule has 6 nitrogen and oxygen atoms in total. The molecule has 0 aliphatic carbocycles. The maximum Gasteiger partial charge on any atom is 0.315 e. The summed E-state index contributed by atoms with van der Waals surface area (Å²) in [6, 6.07) is 7.89. The predicted octanol–water partition coefficient (Wildman–Crippen LogP) is 2.69. The average Bonchev–Trinajstić information content (AvgIpc) is 3.19. The Balaban J connectivity index is 1.45. The number of para-hydroxylation sites is 1. The van der Waals surface area contributed by atoms with Crippen LogP contribution in [0.1, 0.15) is 31.2 Å². The number of fused-ring (bicyclic) bond motifs is 1. The van der Waals surface area contributed by atoms with Gasteiger partial charge in [-0.05, 0) is 25.8 Å². The molecule has 1 aliphatic rings. The van der Waals surface area contributed by atoms with Crippen LogP contribution in [-0.4, -0.2) is 34.8 Å². The Morgan fingerprint density at radius 2 is 2.20 bits per heavy atom. The average molecular weight is 342 g/mol. The number of carbonyl (C=O) groups is 1. The Hall–Kier alpha value is -2.50. The van der Waals surface area contributed by atoms with Crippen molar-refractivity contribution in [3.63, 3.8) is 0 Å². The molecular weight excluding hydrogens is 316 g/mol. The van der Waals surface area contributed by atoms with Crippen molar-refractivity contribution >= 4 is 6.03 Å². The van der Waals surface area contributed by atoms with Crippen LogP contribution < -0.4 is 15.4 Å². The standard InChI is InChI=1S/C19H26N4O2/c1-13(11-23-9-8-20-15(23)3)10-21-19(24)22-14(2)17-12-25-18-7-5-4-6-16(17)18/h4-9,13-14,17H,10-12H2,1-3H3,(H2,21,22,24)/t13-,14-,17-/m1/s1. The SMILES string of the molecule is Cc1nccn1C[C@H](C)CNC(=O)N[C@H](C)[C@H]1COc2ccccc21. The maximum atomic E-state index is 12.2. The summed E-state index contributed by atoms with van der Waals surface area (Å²) in [5, 5.41) is 6.01. The highest BCUT2D eigenvalue weighted by Gasteiger charge is 2.29. The van der Waals surface area contributed by atoms with E-state index in [2.05, 4.69) is 33.2 Å². The molecule has 0 fully saturated rings. The number of urea groups is 1. The molecule has 2 N–H and O–H groups in total. The van der Waals surface area contributed by atoms with Crippen LogP contribution >= 0.6 is 0 Å². The van der Waals surface area contributed by atoms with Crippen LogP contribution in [0.3, 0.4) is 0 Å². The molecule has 1 aliphatic heterocycles. The summed E-state index contributed by atoms with van der Waals surface area (Å²) in [5.74, 6) is 2.42. The van der Waals surface area contributed by atoms with Gasteiger partial charge >= 0.3 is 6.03 Å². The second-order valence-corrected chi connectivity index (χ2v) is 6.83. The molecule has 0 radical (unpaired) electrons. The minimum Gasteiger partial charge on any atom is -0.493 e. The van der Waals surface area contributed by atoms with Gasteiger partial charge in [0.25, 0.3) is 0 Å². The molecular formula is C19H26N4O2. The first kappa shape index (κ1) is 17.3. The fraction of sp³-hybridized carbons (Fsp3) is 0.474. The van der Waals surface area contributed by atoms with Gasteiger partial charge in [0, 0.05) is 43.0 Å². The summed E-state index contributed by atoms with van der Waals surface area (Å²) in [6.07, 6.45) is 3.76. The molecule has 2 amide bonds. The number of carbonyl (C=O) groups excluding carboxylic acids is 1. The third-order valence-electron chi connectivity index (χ3n) is 4.74. The molecule has 25 heavy (non-hydrogen) atoms. The van der Waals surface area contributed by atoms with Crippen molar-refractivity contribution in [3.05, 3.63) is 48.0 Å². The van der Waals surface area contributed by atoms with Gasteiger partial charge in [-0.25, -0.2) is 9.78 Å². The van der Waals surface area contributed by atoms with E-state index < -0.39 is 0 Å². The fourth-order valence-corrected chi connectivity index (χ4v) is 3.22. The van der Waals surface area contributed by atoms with Gasteiger partial charge in [-0.3, -0.25) is 0 Å². The van der Waals surface area contributed by atoms with Crippen molar-refractivity contribution in [1.29, 1.82) is 0 Å². The van der Waals surface area contributed by atoms with E-state index in [4.69, 9.17) is 4.74 Å². The number of hydrogen-bond donors (Lipinski definition) is 2. The Kier molecular flexibility index (Phi) is 5.26. The van der Waals surface area contributed by atoms with Crippen molar-refractivity contribution in [2.24, 2.45) is 5.92 Å². The Bertz CT molecular complexity index is 728. The highest BCUT2D eigenvalue weighted by Crippen LogP contribution is 2.35. The zero-order chi connectivity index (χ0) is 17.8. The number of ether oxygens (including phenoxy) is 1. The third kappa shape index (κ3) is 4.13. The molecule has 6 heteroatoms. The minimum absolute atomic E-state index is 0.00912. The van der Waals surface area contributed by atoms with Gasteiger partial charge in [-0.15, -0.1) is 0 Å². The summed E-state index contributed by atoms with van der Waals surface area (Å²) < 4.78 is 7.80. The quantitative estimate of drug-likeness (QED) is 0.848. The first-order valence-electron chi connectivity index (χ1n) is 8.78. The largest absolute Gasteiger partial charge is 0.493 e. The normalized spacial score (nSPS) is 18.1. The highest BCUT2D eigenvalue weighted by molar-refractivity contribution is 5.74. The van der Waals surface area contributed by atoms with Gasteiger partial charge in [0.15, 0.2) is 0 Å². The molecule has 134 valence electrons. The number of hydrogen-bond acceptors (Lipinski definition) is 3. The molecule has 0 saturated carbocycles. The predicted molar refractivity (Wildman–Crippen MR) is 96.8 cm³/mol. The number of rotatable bonds is 6. The lowest BCUT2D eigenvalue weighted by Crippen LogP contribution is -2.45. The van der Waals surface area contributed by atoms with Crippen LogP contribution in [0.5, 0.6) is 5.75 Å². The molecule has 3 rings (SSSR count). The van der Waals surface area contributed by atoms with Gasteiger partial charge < -0.3 is 19.9 Å². The molecule has 0 saturated heterocycles.